The van der Waals surface area contributed by atoms with Crippen LogP contribution < -0.4 is 5.32 Å². The molecule has 7 heteroatoms. The van der Waals surface area contributed by atoms with E-state index >= 15 is 0 Å². The molecule has 0 spiro atoms. The molecule has 25 heavy (non-hydrogen) atoms. The van der Waals surface area contributed by atoms with E-state index in [2.05, 4.69) is 20.3 Å². The van der Waals surface area contributed by atoms with Gasteiger partial charge in [0.2, 0.25) is 5.91 Å². The Bertz CT molecular complexity index is 582. The molecule has 1 aromatic heterocycles. The lowest BCUT2D eigenvalue weighted by Crippen LogP contribution is -2.50. The lowest BCUT2D eigenvalue weighted by atomic mass is 9.96. The molecule has 2 aliphatic rings. The highest BCUT2D eigenvalue weighted by molar-refractivity contribution is 5.81. The third kappa shape index (κ3) is 4.79. The minimum atomic E-state index is -0.0946. The minimum absolute atomic E-state index is 0.0946. The van der Waals surface area contributed by atoms with E-state index < -0.39 is 0 Å². The summed E-state index contributed by atoms with van der Waals surface area (Å²) in [6.07, 6.45) is 4.66. The number of ether oxygens (including phenoxy) is 1. The summed E-state index contributed by atoms with van der Waals surface area (Å²) < 4.78 is 7.59. The van der Waals surface area contributed by atoms with Crippen molar-refractivity contribution in [2.24, 2.45) is 5.92 Å². The minimum Gasteiger partial charge on any atom is -0.376 e. The van der Waals surface area contributed by atoms with Crippen molar-refractivity contribution in [2.75, 3.05) is 26.2 Å². The van der Waals surface area contributed by atoms with Crippen LogP contribution in [0.5, 0.6) is 0 Å². The maximum atomic E-state index is 12.5. The van der Waals surface area contributed by atoms with Crippen molar-refractivity contribution >= 4 is 5.91 Å². The van der Waals surface area contributed by atoms with Gasteiger partial charge in [0.05, 0.1) is 12.1 Å². The Hall–Kier alpha value is -1.47. The van der Waals surface area contributed by atoms with E-state index in [9.17, 15) is 4.79 Å². The average molecular weight is 349 g/mol. The normalized spacial score (nSPS) is 25.9. The maximum absolute atomic E-state index is 12.5. The van der Waals surface area contributed by atoms with Crippen LogP contribution in [0.4, 0.5) is 0 Å². The van der Waals surface area contributed by atoms with Gasteiger partial charge in [0, 0.05) is 26.2 Å². The van der Waals surface area contributed by atoms with E-state index in [4.69, 9.17) is 4.74 Å². The molecule has 2 saturated heterocycles. The van der Waals surface area contributed by atoms with E-state index in [0.29, 0.717) is 12.5 Å². The van der Waals surface area contributed by atoms with Gasteiger partial charge in [-0.1, -0.05) is 0 Å². The zero-order valence-electron chi connectivity index (χ0n) is 15.7. The van der Waals surface area contributed by atoms with E-state index in [0.717, 1.165) is 57.2 Å². The van der Waals surface area contributed by atoms with E-state index in [1.54, 1.807) is 0 Å². The molecule has 2 aliphatic heterocycles. The summed E-state index contributed by atoms with van der Waals surface area (Å²) in [4.78, 5) is 19.2. The van der Waals surface area contributed by atoms with E-state index in [1.807, 2.05) is 25.5 Å². The first-order valence-corrected chi connectivity index (χ1v) is 9.54. The number of hydrogen-bond donors (Lipinski definition) is 1. The van der Waals surface area contributed by atoms with Crippen LogP contribution in [0.1, 0.15) is 44.3 Å². The number of rotatable bonds is 6. The van der Waals surface area contributed by atoms with Gasteiger partial charge in [-0.3, -0.25) is 9.69 Å². The standard InChI is InChI=1S/C18H31N5O2/c1-13(18(24)19-10-17-7-5-9-25-17)22-8-4-6-16(11-22)12-23-15(3)20-14(2)21-23/h13,16-17H,4-12H2,1-3H3,(H,19,24)/t13-,16+,17+/m0/s1. The lowest BCUT2D eigenvalue weighted by molar-refractivity contribution is -0.127. The zero-order chi connectivity index (χ0) is 17.8. The first kappa shape index (κ1) is 18.3. The van der Waals surface area contributed by atoms with Gasteiger partial charge in [-0.2, -0.15) is 5.10 Å². The Balaban J connectivity index is 1.49. The summed E-state index contributed by atoms with van der Waals surface area (Å²) in [6, 6.07) is -0.0946. The van der Waals surface area contributed by atoms with Crippen LogP contribution in [-0.2, 0) is 16.1 Å². The molecule has 0 unspecified atom stereocenters. The first-order chi connectivity index (χ1) is 12.0. The Labute approximate surface area is 150 Å². The number of aryl methyl sites for hydroxylation is 2. The SMILES string of the molecule is Cc1nc(C)n(C[C@@H]2CCCN([C@@H](C)C(=O)NC[C@H]3CCCO3)C2)n1. The monoisotopic (exact) mass is 349 g/mol. The van der Waals surface area contributed by atoms with E-state index in [-0.39, 0.29) is 18.1 Å². The molecule has 3 rings (SSSR count). The summed E-state index contributed by atoms with van der Waals surface area (Å²) in [7, 11) is 0. The molecule has 0 bridgehead atoms. The Morgan fingerprint density at radius 2 is 2.20 bits per heavy atom. The third-order valence-corrected chi connectivity index (χ3v) is 5.40. The van der Waals surface area contributed by atoms with Crippen molar-refractivity contribution in [3.05, 3.63) is 11.6 Å². The fourth-order valence-electron chi connectivity index (χ4n) is 3.91. The number of carbonyl (C=O) groups is 1. The van der Waals surface area contributed by atoms with Crippen molar-refractivity contribution in [2.45, 2.75) is 65.1 Å². The summed E-state index contributed by atoms with van der Waals surface area (Å²) in [5, 5.41) is 7.54. The molecule has 140 valence electrons. The summed E-state index contributed by atoms with van der Waals surface area (Å²) in [5.41, 5.74) is 0. The van der Waals surface area contributed by atoms with Gasteiger partial charge >= 0.3 is 0 Å². The summed E-state index contributed by atoms with van der Waals surface area (Å²) in [5.74, 6) is 2.43. The number of piperidine rings is 1. The highest BCUT2D eigenvalue weighted by Gasteiger charge is 2.28. The molecule has 1 N–H and O–H groups in total. The van der Waals surface area contributed by atoms with Gasteiger partial charge in [-0.15, -0.1) is 0 Å². The lowest BCUT2D eigenvalue weighted by Gasteiger charge is -2.36. The fraction of sp³-hybridized carbons (Fsp3) is 0.833. The summed E-state index contributed by atoms with van der Waals surface area (Å²) in [6.45, 7) is 10.2. The number of likely N-dealkylation sites (tertiary alicyclic amines) is 1. The Kier molecular flexibility index (Phi) is 6.06. The van der Waals surface area contributed by atoms with Gasteiger partial charge in [0.25, 0.3) is 0 Å². The molecule has 2 fully saturated rings. The maximum Gasteiger partial charge on any atom is 0.237 e. The number of amides is 1. The number of aromatic nitrogens is 3. The molecule has 1 aromatic rings. The Morgan fingerprint density at radius 1 is 1.36 bits per heavy atom. The van der Waals surface area contributed by atoms with Gasteiger partial charge in [-0.25, -0.2) is 9.67 Å². The molecule has 3 atom stereocenters. The second-order valence-electron chi connectivity index (χ2n) is 7.45. The topological polar surface area (TPSA) is 72.3 Å². The second-order valence-corrected chi connectivity index (χ2v) is 7.45. The van der Waals surface area contributed by atoms with Crippen LogP contribution in [0.2, 0.25) is 0 Å². The Morgan fingerprint density at radius 3 is 2.88 bits per heavy atom. The molecule has 0 saturated carbocycles. The van der Waals surface area contributed by atoms with Gasteiger partial charge in [-0.05, 0) is 58.9 Å². The van der Waals surface area contributed by atoms with Crippen LogP contribution in [0, 0.1) is 19.8 Å². The number of nitrogens with one attached hydrogen (secondary N) is 1. The van der Waals surface area contributed by atoms with Crippen molar-refractivity contribution in [3.63, 3.8) is 0 Å². The van der Waals surface area contributed by atoms with Crippen molar-refractivity contribution < 1.29 is 9.53 Å². The number of nitrogens with zero attached hydrogens (tertiary/aromatic N) is 4. The smallest absolute Gasteiger partial charge is 0.237 e. The zero-order valence-corrected chi connectivity index (χ0v) is 15.7. The largest absolute Gasteiger partial charge is 0.376 e. The number of carbonyl (C=O) groups excluding carboxylic acids is 1. The predicted octanol–water partition coefficient (Wildman–Crippen LogP) is 1.29. The molecule has 0 aromatic carbocycles. The van der Waals surface area contributed by atoms with Crippen LogP contribution in [0.3, 0.4) is 0 Å². The highest BCUT2D eigenvalue weighted by Crippen LogP contribution is 2.20. The molecule has 0 radical (unpaired) electrons. The van der Waals surface area contributed by atoms with Crippen molar-refractivity contribution in [3.8, 4) is 0 Å². The third-order valence-electron chi connectivity index (χ3n) is 5.40. The molecule has 3 heterocycles. The molecular weight excluding hydrogens is 318 g/mol. The molecule has 1 amide bonds. The second kappa shape index (κ2) is 8.27. The van der Waals surface area contributed by atoms with Gasteiger partial charge < -0.3 is 10.1 Å². The molecule has 7 nitrogen and oxygen atoms in total. The van der Waals surface area contributed by atoms with Crippen LogP contribution >= 0.6 is 0 Å². The molecular formula is C18H31N5O2. The van der Waals surface area contributed by atoms with Crippen LogP contribution in [-0.4, -0.2) is 64.0 Å². The number of hydrogen-bond acceptors (Lipinski definition) is 5. The van der Waals surface area contributed by atoms with E-state index in [1.165, 1.54) is 6.42 Å². The fourth-order valence-corrected chi connectivity index (χ4v) is 3.91. The first-order valence-electron chi connectivity index (χ1n) is 9.54. The van der Waals surface area contributed by atoms with Gasteiger partial charge in [0.1, 0.15) is 11.6 Å². The highest BCUT2D eigenvalue weighted by atomic mass is 16.5. The van der Waals surface area contributed by atoms with Gasteiger partial charge in [0.15, 0.2) is 0 Å². The molecule has 0 aliphatic carbocycles. The average Bonchev–Trinajstić information content (AvgIpc) is 3.22. The quantitative estimate of drug-likeness (QED) is 0.838. The van der Waals surface area contributed by atoms with Crippen molar-refractivity contribution in [1.29, 1.82) is 0 Å². The predicted molar refractivity (Wildman–Crippen MR) is 95.2 cm³/mol. The van der Waals surface area contributed by atoms with Crippen molar-refractivity contribution in [1.82, 2.24) is 25.0 Å². The van der Waals surface area contributed by atoms with Crippen LogP contribution in [0.15, 0.2) is 0 Å². The summed E-state index contributed by atoms with van der Waals surface area (Å²) >= 11 is 0. The van der Waals surface area contributed by atoms with Crippen LogP contribution in [0.25, 0.3) is 0 Å².